The molecule has 3 aromatic rings. The molecule has 0 radical (unpaired) electrons. The second kappa shape index (κ2) is 8.19. The van der Waals surface area contributed by atoms with E-state index >= 15 is 0 Å². The molecular weight excluding hydrogens is 388 g/mol. The highest BCUT2D eigenvalue weighted by molar-refractivity contribution is 6.25. The van der Waals surface area contributed by atoms with Gasteiger partial charge in [-0.2, -0.15) is 0 Å². The van der Waals surface area contributed by atoms with Crippen LogP contribution in [0.15, 0.2) is 42.7 Å². The van der Waals surface area contributed by atoms with E-state index < -0.39 is 0 Å². The highest BCUT2D eigenvalue weighted by Crippen LogP contribution is 2.31. The number of pyridine rings is 1. The molecule has 31 heavy (non-hydrogen) atoms. The number of fused-ring (bicyclic) bond motifs is 2. The van der Waals surface area contributed by atoms with Gasteiger partial charge in [-0.3, -0.25) is 4.79 Å². The Hall–Kier alpha value is -3.12. The Morgan fingerprint density at radius 3 is 2.84 bits per heavy atom. The summed E-state index contributed by atoms with van der Waals surface area (Å²) in [4.78, 5) is 22.6. The Morgan fingerprint density at radius 2 is 1.97 bits per heavy atom. The molecule has 1 aliphatic carbocycles. The molecule has 0 spiro atoms. The molecule has 1 saturated heterocycles. The van der Waals surface area contributed by atoms with Gasteiger partial charge in [0.2, 0.25) is 0 Å². The Bertz CT molecular complexity index is 1160. The van der Waals surface area contributed by atoms with Crippen LogP contribution in [0.4, 0.5) is 5.69 Å². The van der Waals surface area contributed by atoms with E-state index in [1.54, 1.807) is 7.11 Å². The third-order valence-electron chi connectivity index (χ3n) is 6.38. The maximum absolute atomic E-state index is 13.0. The fourth-order valence-electron chi connectivity index (χ4n) is 4.56. The average Bonchev–Trinajstić information content (AvgIpc) is 3.00. The van der Waals surface area contributed by atoms with E-state index in [-0.39, 0.29) is 5.78 Å². The van der Waals surface area contributed by atoms with E-state index in [0.717, 1.165) is 43.8 Å². The second-order valence-electron chi connectivity index (χ2n) is 8.44. The highest BCUT2D eigenvalue weighted by atomic mass is 16.5. The van der Waals surface area contributed by atoms with E-state index in [4.69, 9.17) is 9.72 Å². The van der Waals surface area contributed by atoms with Crippen molar-refractivity contribution in [2.75, 3.05) is 45.2 Å². The number of anilines is 1. The molecule has 160 valence electrons. The third kappa shape index (κ3) is 3.83. The molecule has 1 aromatic carbocycles. The topological polar surface area (TPSA) is 50.1 Å². The van der Waals surface area contributed by atoms with Crippen molar-refractivity contribution in [2.45, 2.75) is 19.3 Å². The summed E-state index contributed by atoms with van der Waals surface area (Å²) in [6, 6.07) is 10.4. The summed E-state index contributed by atoms with van der Waals surface area (Å²) in [5.41, 5.74) is 5.70. The first-order valence-corrected chi connectivity index (χ1v) is 11.0. The number of aromatic nitrogens is 2. The quantitative estimate of drug-likeness (QED) is 0.654. The summed E-state index contributed by atoms with van der Waals surface area (Å²) >= 11 is 0. The van der Waals surface area contributed by atoms with Crippen LogP contribution in [0.5, 0.6) is 5.75 Å². The lowest BCUT2D eigenvalue weighted by Gasteiger charge is -2.24. The van der Waals surface area contributed by atoms with Gasteiger partial charge >= 0.3 is 0 Å². The zero-order valence-electron chi connectivity index (χ0n) is 18.2. The smallest absolute Gasteiger partial charge is 0.180 e. The molecule has 2 aliphatic rings. The largest absolute Gasteiger partial charge is 0.493 e. The first-order chi connectivity index (χ1) is 15.1. The molecule has 6 nitrogen and oxygen atoms in total. The summed E-state index contributed by atoms with van der Waals surface area (Å²) in [6.07, 6.45) is 8.28. The van der Waals surface area contributed by atoms with Crippen molar-refractivity contribution in [2.24, 2.45) is 0 Å². The molecule has 6 heteroatoms. The van der Waals surface area contributed by atoms with Gasteiger partial charge in [0.05, 0.1) is 12.8 Å². The lowest BCUT2D eigenvalue weighted by Crippen LogP contribution is -2.28. The van der Waals surface area contributed by atoms with Crippen molar-refractivity contribution in [3.63, 3.8) is 0 Å². The minimum absolute atomic E-state index is 0.136. The van der Waals surface area contributed by atoms with Crippen LogP contribution in [0.25, 0.3) is 17.3 Å². The number of ketones is 1. The van der Waals surface area contributed by atoms with Crippen LogP contribution in [-0.4, -0.2) is 60.4 Å². The van der Waals surface area contributed by atoms with Gasteiger partial charge < -0.3 is 18.9 Å². The van der Waals surface area contributed by atoms with Gasteiger partial charge in [-0.05, 0) is 67.9 Å². The first kappa shape index (κ1) is 19.8. The van der Waals surface area contributed by atoms with E-state index in [1.165, 1.54) is 17.7 Å². The zero-order valence-corrected chi connectivity index (χ0v) is 18.2. The van der Waals surface area contributed by atoms with Crippen LogP contribution in [0.1, 0.15) is 29.7 Å². The number of hydrogen-bond acceptors (Lipinski definition) is 5. The number of aryl methyl sites for hydroxylation is 1. The number of rotatable bonds is 3. The van der Waals surface area contributed by atoms with Gasteiger partial charge in [-0.1, -0.05) is 6.07 Å². The van der Waals surface area contributed by atoms with Gasteiger partial charge in [0.1, 0.15) is 0 Å². The molecule has 0 bridgehead atoms. The summed E-state index contributed by atoms with van der Waals surface area (Å²) in [7, 11) is 3.82. The molecule has 3 heterocycles. The van der Waals surface area contributed by atoms with Crippen LogP contribution in [0.2, 0.25) is 0 Å². The lowest BCUT2D eigenvalue weighted by molar-refractivity contribution is -0.113. The van der Waals surface area contributed by atoms with Crippen LogP contribution >= 0.6 is 0 Å². The highest BCUT2D eigenvalue weighted by Gasteiger charge is 2.22. The van der Waals surface area contributed by atoms with E-state index in [1.807, 2.05) is 35.0 Å². The number of ether oxygens (including phenoxy) is 1. The SMILES string of the molecule is COc1cccn2cc(C3=Cc4ccc(N5CCCN(C)CC5)cc4CCC3=O)nc12. The van der Waals surface area contributed by atoms with Crippen molar-refractivity contribution in [1.82, 2.24) is 14.3 Å². The predicted molar refractivity (Wildman–Crippen MR) is 124 cm³/mol. The molecule has 2 aromatic heterocycles. The number of Topliss-reactive ketones (excluding diaryl/α,β-unsaturated/α-hetero) is 1. The van der Waals surface area contributed by atoms with Crippen molar-refractivity contribution >= 4 is 28.8 Å². The Labute approximate surface area is 182 Å². The minimum Gasteiger partial charge on any atom is -0.493 e. The van der Waals surface area contributed by atoms with Crippen LogP contribution in [0, 0.1) is 0 Å². The Balaban J connectivity index is 1.50. The number of carbonyl (C=O) groups is 1. The Kier molecular flexibility index (Phi) is 5.24. The summed E-state index contributed by atoms with van der Waals surface area (Å²) < 4.78 is 7.34. The summed E-state index contributed by atoms with van der Waals surface area (Å²) in [6.45, 7) is 4.34. The number of carbonyl (C=O) groups excluding carboxylic acids is 1. The molecule has 0 amide bonds. The number of allylic oxidation sites excluding steroid dienone is 1. The molecule has 1 fully saturated rings. The normalized spacial score (nSPS) is 17.8. The van der Waals surface area contributed by atoms with E-state index in [2.05, 4.69) is 35.0 Å². The Morgan fingerprint density at radius 1 is 1.06 bits per heavy atom. The van der Waals surface area contributed by atoms with Crippen molar-refractivity contribution < 1.29 is 9.53 Å². The maximum Gasteiger partial charge on any atom is 0.180 e. The molecule has 1 aliphatic heterocycles. The molecule has 0 atom stereocenters. The number of methoxy groups -OCH3 is 1. The number of nitrogens with zero attached hydrogens (tertiary/aromatic N) is 4. The van der Waals surface area contributed by atoms with Crippen LogP contribution < -0.4 is 9.64 Å². The van der Waals surface area contributed by atoms with Gasteiger partial charge in [-0.25, -0.2) is 4.98 Å². The zero-order chi connectivity index (χ0) is 21.4. The second-order valence-corrected chi connectivity index (χ2v) is 8.44. The van der Waals surface area contributed by atoms with Gasteiger partial charge in [-0.15, -0.1) is 0 Å². The third-order valence-corrected chi connectivity index (χ3v) is 6.38. The average molecular weight is 417 g/mol. The number of imidazole rings is 1. The fraction of sp³-hybridized carbons (Fsp3) is 0.360. The van der Waals surface area contributed by atoms with Crippen molar-refractivity contribution in [3.8, 4) is 5.75 Å². The first-order valence-electron chi connectivity index (χ1n) is 11.0. The predicted octanol–water partition coefficient (Wildman–Crippen LogP) is 3.54. The molecule has 0 unspecified atom stereocenters. The minimum atomic E-state index is 0.136. The number of likely N-dealkylation sites (N-methyl/N-ethyl adjacent to an activating group) is 1. The van der Waals surface area contributed by atoms with E-state index in [0.29, 0.717) is 23.4 Å². The van der Waals surface area contributed by atoms with E-state index in [9.17, 15) is 4.79 Å². The van der Waals surface area contributed by atoms with Gasteiger partial charge in [0.15, 0.2) is 17.2 Å². The molecule has 5 rings (SSSR count). The summed E-state index contributed by atoms with van der Waals surface area (Å²) in [5.74, 6) is 0.833. The van der Waals surface area contributed by atoms with Crippen LogP contribution in [-0.2, 0) is 11.2 Å². The monoisotopic (exact) mass is 416 g/mol. The molecular formula is C25H28N4O2. The van der Waals surface area contributed by atoms with Crippen molar-refractivity contribution in [1.29, 1.82) is 0 Å². The van der Waals surface area contributed by atoms with Crippen molar-refractivity contribution in [3.05, 3.63) is 59.5 Å². The number of benzene rings is 1. The lowest BCUT2D eigenvalue weighted by atomic mass is 10.0. The maximum atomic E-state index is 13.0. The molecule has 0 saturated carbocycles. The standard InChI is InChI=1S/C25H28N4O2/c1-27-10-4-12-28(14-13-27)20-8-6-19-16-21(23(30)9-7-18(19)15-20)22-17-29-11-3-5-24(31-2)25(29)26-22/h3,5-6,8,11,15-17H,4,7,9-10,12-14H2,1-2H3. The summed E-state index contributed by atoms with van der Waals surface area (Å²) in [5, 5.41) is 0. The number of hydrogen-bond donors (Lipinski definition) is 0. The van der Waals surface area contributed by atoms with Gasteiger partial charge in [0.25, 0.3) is 0 Å². The fourth-order valence-corrected chi connectivity index (χ4v) is 4.56. The van der Waals surface area contributed by atoms with Crippen LogP contribution in [0.3, 0.4) is 0 Å². The van der Waals surface area contributed by atoms with Gasteiger partial charge in [0, 0.05) is 49.7 Å². The molecule has 0 N–H and O–H groups in total.